The smallest absolute Gasteiger partial charge is 0.416 e. The minimum atomic E-state index is -4.54. The molecule has 0 spiro atoms. The first-order valence-corrected chi connectivity index (χ1v) is 7.64. The van der Waals surface area contributed by atoms with E-state index in [-0.39, 0.29) is 17.9 Å². The van der Waals surface area contributed by atoms with Crippen molar-refractivity contribution in [2.75, 3.05) is 19.0 Å². The lowest BCUT2D eigenvalue weighted by Gasteiger charge is -2.10. The largest absolute Gasteiger partial charge is 0.494 e. The fourth-order valence-electron chi connectivity index (χ4n) is 2.15. The number of ether oxygens (including phenoxy) is 2. The molecule has 1 N–H and O–H groups in total. The average Bonchev–Trinajstić information content (AvgIpc) is 2.60. The zero-order valence-electron chi connectivity index (χ0n) is 14.1. The van der Waals surface area contributed by atoms with Gasteiger partial charge in [-0.3, -0.25) is 9.59 Å². The van der Waals surface area contributed by atoms with E-state index in [2.05, 4.69) is 5.32 Å². The van der Waals surface area contributed by atoms with Gasteiger partial charge in [-0.05, 0) is 35.9 Å². The first-order chi connectivity index (χ1) is 12.7. The van der Waals surface area contributed by atoms with Gasteiger partial charge in [0, 0.05) is 5.69 Å². The Morgan fingerprint density at radius 3 is 2.48 bits per heavy atom. The van der Waals surface area contributed by atoms with Crippen molar-refractivity contribution in [3.63, 3.8) is 0 Å². The highest BCUT2D eigenvalue weighted by molar-refractivity contribution is 5.93. The van der Waals surface area contributed by atoms with Gasteiger partial charge in [0.2, 0.25) is 0 Å². The van der Waals surface area contributed by atoms with E-state index in [1.807, 2.05) is 0 Å². The predicted molar refractivity (Wildman–Crippen MR) is 87.7 cm³/mol. The van der Waals surface area contributed by atoms with E-state index in [4.69, 9.17) is 9.47 Å². The van der Waals surface area contributed by atoms with E-state index in [0.717, 1.165) is 24.3 Å². The lowest BCUT2D eigenvalue weighted by Crippen LogP contribution is -2.22. The first kappa shape index (κ1) is 20.2. The maximum atomic E-state index is 13.6. The molecule has 144 valence electrons. The fraction of sp³-hybridized carbons (Fsp3) is 0.222. The summed E-state index contributed by atoms with van der Waals surface area (Å²) >= 11 is 0. The molecule has 0 atom stereocenters. The van der Waals surface area contributed by atoms with Gasteiger partial charge in [-0.1, -0.05) is 12.1 Å². The quantitative estimate of drug-likeness (QED) is 0.610. The van der Waals surface area contributed by atoms with E-state index in [9.17, 15) is 27.2 Å². The van der Waals surface area contributed by atoms with Crippen molar-refractivity contribution < 1.29 is 36.6 Å². The van der Waals surface area contributed by atoms with Gasteiger partial charge in [0.1, 0.15) is 0 Å². The third-order valence-electron chi connectivity index (χ3n) is 3.40. The second kappa shape index (κ2) is 8.52. The molecule has 27 heavy (non-hydrogen) atoms. The highest BCUT2D eigenvalue weighted by Gasteiger charge is 2.30. The van der Waals surface area contributed by atoms with E-state index in [1.165, 1.54) is 25.3 Å². The Morgan fingerprint density at radius 1 is 1.11 bits per heavy atom. The number of amides is 1. The number of carbonyl (C=O) groups excluding carboxylic acids is 2. The summed E-state index contributed by atoms with van der Waals surface area (Å²) in [6, 6.07) is 7.95. The summed E-state index contributed by atoms with van der Waals surface area (Å²) in [7, 11) is 1.30. The van der Waals surface area contributed by atoms with E-state index >= 15 is 0 Å². The van der Waals surface area contributed by atoms with Crippen molar-refractivity contribution >= 4 is 17.6 Å². The van der Waals surface area contributed by atoms with Gasteiger partial charge in [-0.2, -0.15) is 13.2 Å². The molecule has 0 aliphatic heterocycles. The van der Waals surface area contributed by atoms with Crippen LogP contribution in [0.4, 0.5) is 23.2 Å². The van der Waals surface area contributed by atoms with Crippen LogP contribution in [0.25, 0.3) is 0 Å². The molecule has 0 aromatic heterocycles. The maximum absolute atomic E-state index is 13.6. The molecular weight excluding hydrogens is 370 g/mol. The summed E-state index contributed by atoms with van der Waals surface area (Å²) in [5.41, 5.74) is -0.682. The van der Waals surface area contributed by atoms with Crippen molar-refractivity contribution in [1.82, 2.24) is 0 Å². The van der Waals surface area contributed by atoms with E-state index < -0.39 is 36.0 Å². The minimum Gasteiger partial charge on any atom is -0.494 e. The second-order valence-corrected chi connectivity index (χ2v) is 5.43. The molecular formula is C18H15F4NO4. The van der Waals surface area contributed by atoms with Crippen LogP contribution in [0.3, 0.4) is 0 Å². The summed E-state index contributed by atoms with van der Waals surface area (Å²) < 4.78 is 60.9. The van der Waals surface area contributed by atoms with Crippen LogP contribution < -0.4 is 10.1 Å². The number of benzene rings is 2. The number of nitrogens with one attached hydrogen (secondary N) is 1. The molecule has 0 unspecified atom stereocenters. The lowest BCUT2D eigenvalue weighted by atomic mass is 10.1. The molecule has 0 heterocycles. The third-order valence-corrected chi connectivity index (χ3v) is 3.40. The number of carbonyl (C=O) groups is 2. The SMILES string of the molecule is COc1ccc(CC(=O)OCC(=O)Nc2cccc(C(F)(F)F)c2)cc1F. The van der Waals surface area contributed by atoms with Crippen LogP contribution in [-0.2, 0) is 26.9 Å². The van der Waals surface area contributed by atoms with Gasteiger partial charge in [0.05, 0.1) is 19.1 Å². The Morgan fingerprint density at radius 2 is 1.85 bits per heavy atom. The lowest BCUT2D eigenvalue weighted by molar-refractivity contribution is -0.146. The minimum absolute atomic E-state index is 0.0209. The van der Waals surface area contributed by atoms with Crippen LogP contribution >= 0.6 is 0 Å². The monoisotopic (exact) mass is 385 g/mol. The Bertz CT molecular complexity index is 836. The number of hydrogen-bond donors (Lipinski definition) is 1. The molecule has 0 saturated carbocycles. The van der Waals surface area contributed by atoms with Crippen LogP contribution in [0.1, 0.15) is 11.1 Å². The molecule has 5 nitrogen and oxygen atoms in total. The number of anilines is 1. The Kier molecular flexibility index (Phi) is 6.38. The molecule has 1 amide bonds. The zero-order valence-corrected chi connectivity index (χ0v) is 14.1. The molecule has 0 aliphatic carbocycles. The molecule has 2 rings (SSSR count). The molecule has 0 bridgehead atoms. The van der Waals surface area contributed by atoms with Gasteiger partial charge >= 0.3 is 12.1 Å². The van der Waals surface area contributed by atoms with Crippen molar-refractivity contribution in [1.29, 1.82) is 0 Å². The highest BCUT2D eigenvalue weighted by atomic mass is 19.4. The maximum Gasteiger partial charge on any atom is 0.416 e. The molecule has 2 aromatic rings. The fourth-order valence-corrected chi connectivity index (χ4v) is 2.15. The van der Waals surface area contributed by atoms with Crippen molar-refractivity contribution in [3.8, 4) is 5.75 Å². The number of rotatable bonds is 6. The van der Waals surface area contributed by atoms with Crippen molar-refractivity contribution in [2.24, 2.45) is 0 Å². The van der Waals surface area contributed by atoms with Crippen molar-refractivity contribution in [3.05, 3.63) is 59.4 Å². The molecule has 0 radical (unpaired) electrons. The number of hydrogen-bond acceptors (Lipinski definition) is 4. The zero-order chi connectivity index (χ0) is 20.0. The second-order valence-electron chi connectivity index (χ2n) is 5.43. The molecule has 0 saturated heterocycles. The molecule has 2 aromatic carbocycles. The van der Waals surface area contributed by atoms with E-state index in [0.29, 0.717) is 5.56 Å². The van der Waals surface area contributed by atoms with Crippen LogP contribution in [0.15, 0.2) is 42.5 Å². The third kappa shape index (κ3) is 5.98. The van der Waals surface area contributed by atoms with Crippen LogP contribution in [0.5, 0.6) is 5.75 Å². The Hall–Kier alpha value is -3.10. The van der Waals surface area contributed by atoms with Gasteiger partial charge in [-0.25, -0.2) is 4.39 Å². The van der Waals surface area contributed by atoms with Gasteiger partial charge in [-0.15, -0.1) is 0 Å². The summed E-state index contributed by atoms with van der Waals surface area (Å²) in [6.07, 6.45) is -4.82. The molecule has 9 heteroatoms. The number of esters is 1. The topological polar surface area (TPSA) is 64.6 Å². The van der Waals surface area contributed by atoms with Crippen LogP contribution in [0.2, 0.25) is 0 Å². The first-order valence-electron chi connectivity index (χ1n) is 7.64. The summed E-state index contributed by atoms with van der Waals surface area (Å²) in [6.45, 7) is -0.687. The Balaban J connectivity index is 1.86. The van der Waals surface area contributed by atoms with Crippen molar-refractivity contribution in [2.45, 2.75) is 12.6 Å². The number of alkyl halides is 3. The Labute approximate surface area is 151 Å². The highest BCUT2D eigenvalue weighted by Crippen LogP contribution is 2.30. The molecule has 0 fully saturated rings. The molecule has 0 aliphatic rings. The van der Waals surface area contributed by atoms with Gasteiger partial charge in [0.25, 0.3) is 5.91 Å². The normalized spacial score (nSPS) is 11.0. The predicted octanol–water partition coefficient (Wildman–Crippen LogP) is 3.58. The standard InChI is InChI=1S/C18H15F4NO4/c1-26-15-6-5-11(7-14(15)19)8-17(25)27-10-16(24)23-13-4-2-3-12(9-13)18(20,21)22/h2-7,9H,8,10H2,1H3,(H,23,24). The average molecular weight is 385 g/mol. The van der Waals surface area contributed by atoms with E-state index in [1.54, 1.807) is 0 Å². The van der Waals surface area contributed by atoms with Gasteiger partial charge < -0.3 is 14.8 Å². The number of halogens is 4. The summed E-state index contributed by atoms with van der Waals surface area (Å²) in [4.78, 5) is 23.4. The summed E-state index contributed by atoms with van der Waals surface area (Å²) in [5.74, 6) is -2.22. The summed E-state index contributed by atoms with van der Waals surface area (Å²) in [5, 5.41) is 2.21. The van der Waals surface area contributed by atoms with Crippen LogP contribution in [0, 0.1) is 5.82 Å². The van der Waals surface area contributed by atoms with Crippen LogP contribution in [-0.4, -0.2) is 25.6 Å². The van der Waals surface area contributed by atoms with Gasteiger partial charge in [0.15, 0.2) is 18.2 Å². The number of methoxy groups -OCH3 is 1.